The number of nitrogens with zero attached hydrogens (tertiary/aromatic N) is 1. The molecule has 0 fully saturated rings. The fourth-order valence-corrected chi connectivity index (χ4v) is 2.69. The van der Waals surface area contributed by atoms with Crippen LogP contribution >= 0.6 is 11.3 Å². The van der Waals surface area contributed by atoms with E-state index in [0.29, 0.717) is 10.6 Å². The van der Waals surface area contributed by atoms with Crippen LogP contribution in [0.2, 0.25) is 0 Å². The number of ether oxygens (including phenoxy) is 1. The number of hydrazine groups is 1. The Morgan fingerprint density at radius 1 is 1.44 bits per heavy atom. The van der Waals surface area contributed by atoms with Crippen LogP contribution < -0.4 is 15.9 Å². The van der Waals surface area contributed by atoms with Crippen LogP contribution in [-0.2, 0) is 0 Å². The van der Waals surface area contributed by atoms with Gasteiger partial charge in [-0.05, 0) is 18.2 Å². The molecule has 0 bridgehead atoms. The SMILES string of the molecule is COc1ccc2c(N)c(C(=O)NN(C)C)sc2c1. The summed E-state index contributed by atoms with van der Waals surface area (Å²) in [6, 6.07) is 5.58. The molecule has 2 rings (SSSR count). The Labute approximate surface area is 109 Å². The van der Waals surface area contributed by atoms with E-state index in [9.17, 15) is 4.79 Å². The lowest BCUT2D eigenvalue weighted by molar-refractivity contribution is 0.0862. The number of nitrogens with two attached hydrogens (primary N) is 1. The molecule has 1 aromatic carbocycles. The minimum Gasteiger partial charge on any atom is -0.497 e. The lowest BCUT2D eigenvalue weighted by atomic mass is 10.2. The summed E-state index contributed by atoms with van der Waals surface area (Å²) in [6.07, 6.45) is 0. The van der Waals surface area contributed by atoms with Crippen LogP contribution in [0.15, 0.2) is 18.2 Å². The number of fused-ring (bicyclic) bond motifs is 1. The van der Waals surface area contributed by atoms with Gasteiger partial charge in [0.2, 0.25) is 0 Å². The standard InChI is InChI=1S/C12H15N3O2S/c1-15(2)14-12(16)11-10(13)8-5-4-7(17-3)6-9(8)18-11/h4-6H,13H2,1-3H3,(H,14,16). The third-order valence-corrected chi connectivity index (χ3v) is 3.63. The summed E-state index contributed by atoms with van der Waals surface area (Å²) in [6.45, 7) is 0. The van der Waals surface area contributed by atoms with Gasteiger partial charge in [0, 0.05) is 24.2 Å². The minimum atomic E-state index is -0.197. The molecule has 0 saturated heterocycles. The van der Waals surface area contributed by atoms with E-state index in [1.54, 1.807) is 26.2 Å². The highest BCUT2D eigenvalue weighted by Crippen LogP contribution is 2.35. The highest BCUT2D eigenvalue weighted by Gasteiger charge is 2.16. The zero-order valence-corrected chi connectivity index (χ0v) is 11.3. The molecule has 0 saturated carbocycles. The van der Waals surface area contributed by atoms with Crippen LogP contribution in [0.5, 0.6) is 5.75 Å². The molecule has 3 N–H and O–H groups in total. The predicted octanol–water partition coefficient (Wildman–Crippen LogP) is 1.70. The van der Waals surface area contributed by atoms with Gasteiger partial charge in [-0.3, -0.25) is 10.2 Å². The van der Waals surface area contributed by atoms with E-state index >= 15 is 0 Å². The van der Waals surface area contributed by atoms with Gasteiger partial charge in [0.15, 0.2) is 0 Å². The summed E-state index contributed by atoms with van der Waals surface area (Å²) in [4.78, 5) is 12.5. The van der Waals surface area contributed by atoms with Crippen LogP contribution in [0.3, 0.4) is 0 Å². The number of hydrogen-bond acceptors (Lipinski definition) is 5. The van der Waals surface area contributed by atoms with Crippen molar-refractivity contribution < 1.29 is 9.53 Å². The van der Waals surface area contributed by atoms with Crippen LogP contribution in [0.4, 0.5) is 5.69 Å². The zero-order chi connectivity index (χ0) is 13.3. The fourth-order valence-electron chi connectivity index (χ4n) is 1.65. The monoisotopic (exact) mass is 265 g/mol. The summed E-state index contributed by atoms with van der Waals surface area (Å²) in [5.41, 5.74) is 9.19. The van der Waals surface area contributed by atoms with Crippen LogP contribution in [0, 0.1) is 0 Å². The topological polar surface area (TPSA) is 67.6 Å². The lowest BCUT2D eigenvalue weighted by Gasteiger charge is -2.10. The van der Waals surface area contributed by atoms with E-state index in [1.165, 1.54) is 11.3 Å². The quantitative estimate of drug-likeness (QED) is 0.829. The molecule has 5 nitrogen and oxygen atoms in total. The average Bonchev–Trinajstić information content (AvgIpc) is 2.65. The van der Waals surface area contributed by atoms with E-state index in [1.807, 2.05) is 18.2 Å². The van der Waals surface area contributed by atoms with Crippen LogP contribution in [0.1, 0.15) is 9.67 Å². The van der Waals surface area contributed by atoms with E-state index in [0.717, 1.165) is 15.8 Å². The maximum absolute atomic E-state index is 11.9. The number of thiophene rings is 1. The Hall–Kier alpha value is -1.79. The largest absolute Gasteiger partial charge is 0.497 e. The first kappa shape index (κ1) is 12.7. The first-order valence-corrected chi connectivity index (χ1v) is 6.19. The van der Waals surface area contributed by atoms with E-state index in [-0.39, 0.29) is 5.91 Å². The Morgan fingerprint density at radius 3 is 2.78 bits per heavy atom. The summed E-state index contributed by atoms with van der Waals surface area (Å²) >= 11 is 1.36. The molecule has 1 aromatic heterocycles. The molecule has 96 valence electrons. The molecule has 0 unspecified atom stereocenters. The fraction of sp³-hybridized carbons (Fsp3) is 0.250. The highest BCUT2D eigenvalue weighted by molar-refractivity contribution is 7.21. The van der Waals surface area contributed by atoms with Gasteiger partial charge in [0.1, 0.15) is 10.6 Å². The molecule has 18 heavy (non-hydrogen) atoms. The Bertz CT molecular complexity index is 592. The van der Waals surface area contributed by atoms with Gasteiger partial charge in [0.05, 0.1) is 12.8 Å². The number of amides is 1. The molecule has 0 aliphatic carbocycles. The van der Waals surface area contributed by atoms with Crippen molar-refractivity contribution in [1.82, 2.24) is 10.4 Å². The molecule has 6 heteroatoms. The zero-order valence-electron chi connectivity index (χ0n) is 10.5. The normalized spacial score (nSPS) is 10.9. The summed E-state index contributed by atoms with van der Waals surface area (Å²) in [5.74, 6) is 0.556. The Kier molecular flexibility index (Phi) is 3.40. The molecule has 0 radical (unpaired) electrons. The molecule has 0 aliphatic rings. The van der Waals surface area contributed by atoms with Gasteiger partial charge in [-0.15, -0.1) is 11.3 Å². The van der Waals surface area contributed by atoms with Crippen molar-refractivity contribution in [3.8, 4) is 5.75 Å². The number of anilines is 1. The number of methoxy groups -OCH3 is 1. The maximum atomic E-state index is 11.9. The number of carbonyl (C=O) groups is 1. The van der Waals surface area contributed by atoms with Gasteiger partial charge < -0.3 is 10.5 Å². The number of rotatable bonds is 3. The molecule has 1 amide bonds. The van der Waals surface area contributed by atoms with Gasteiger partial charge in [0.25, 0.3) is 5.91 Å². The molecule has 1 heterocycles. The third-order valence-electron chi connectivity index (χ3n) is 2.47. The molecular weight excluding hydrogens is 250 g/mol. The second kappa shape index (κ2) is 4.83. The first-order valence-electron chi connectivity index (χ1n) is 5.37. The Morgan fingerprint density at radius 2 is 2.17 bits per heavy atom. The van der Waals surface area contributed by atoms with Crippen LogP contribution in [-0.4, -0.2) is 32.1 Å². The number of nitrogen functional groups attached to an aromatic ring is 1. The Balaban J connectivity index is 2.46. The summed E-state index contributed by atoms with van der Waals surface area (Å²) in [7, 11) is 5.12. The highest BCUT2D eigenvalue weighted by atomic mass is 32.1. The smallest absolute Gasteiger partial charge is 0.277 e. The van der Waals surface area contributed by atoms with Crippen molar-refractivity contribution in [2.75, 3.05) is 26.9 Å². The molecule has 0 spiro atoms. The van der Waals surface area contributed by atoms with Crippen molar-refractivity contribution in [3.63, 3.8) is 0 Å². The van der Waals surface area contributed by atoms with Gasteiger partial charge >= 0.3 is 0 Å². The number of benzene rings is 1. The van der Waals surface area contributed by atoms with Crippen molar-refractivity contribution >= 4 is 33.0 Å². The maximum Gasteiger partial charge on any atom is 0.277 e. The number of nitrogens with one attached hydrogen (secondary N) is 1. The predicted molar refractivity (Wildman–Crippen MR) is 73.9 cm³/mol. The van der Waals surface area contributed by atoms with Crippen molar-refractivity contribution in [1.29, 1.82) is 0 Å². The number of hydrogen-bond donors (Lipinski definition) is 2. The lowest BCUT2D eigenvalue weighted by Crippen LogP contribution is -2.35. The van der Waals surface area contributed by atoms with Gasteiger partial charge in [-0.1, -0.05) is 0 Å². The van der Waals surface area contributed by atoms with Crippen molar-refractivity contribution in [3.05, 3.63) is 23.1 Å². The molecule has 2 aromatic rings. The second-order valence-corrected chi connectivity index (χ2v) is 5.09. The van der Waals surface area contributed by atoms with E-state index in [2.05, 4.69) is 5.43 Å². The van der Waals surface area contributed by atoms with Crippen molar-refractivity contribution in [2.45, 2.75) is 0 Å². The van der Waals surface area contributed by atoms with Gasteiger partial charge in [-0.25, -0.2) is 5.01 Å². The summed E-state index contributed by atoms with van der Waals surface area (Å²) < 4.78 is 6.09. The van der Waals surface area contributed by atoms with E-state index in [4.69, 9.17) is 10.5 Å². The number of carbonyl (C=O) groups excluding carboxylic acids is 1. The summed E-state index contributed by atoms with van der Waals surface area (Å²) in [5, 5.41) is 2.47. The third kappa shape index (κ3) is 2.25. The average molecular weight is 265 g/mol. The van der Waals surface area contributed by atoms with E-state index < -0.39 is 0 Å². The molecular formula is C12H15N3O2S. The first-order chi connectivity index (χ1) is 8.52. The molecule has 0 aliphatic heterocycles. The molecule has 0 atom stereocenters. The van der Waals surface area contributed by atoms with Crippen molar-refractivity contribution in [2.24, 2.45) is 0 Å². The van der Waals surface area contributed by atoms with Gasteiger partial charge in [-0.2, -0.15) is 0 Å². The second-order valence-electron chi connectivity index (χ2n) is 4.04. The van der Waals surface area contributed by atoms with Crippen LogP contribution in [0.25, 0.3) is 10.1 Å². The minimum absolute atomic E-state index is 0.197.